The molecule has 98 valence electrons. The summed E-state index contributed by atoms with van der Waals surface area (Å²) in [5.74, 6) is -1.10. The fourth-order valence-corrected chi connectivity index (χ4v) is 2.66. The van der Waals surface area contributed by atoms with Crippen molar-refractivity contribution < 1.29 is 9.90 Å². The molecule has 2 rings (SSSR count). The third kappa shape index (κ3) is 2.79. The summed E-state index contributed by atoms with van der Waals surface area (Å²) in [6.45, 7) is 0. The topological polar surface area (TPSA) is 50.2 Å². The molecular weight excluding hydrogens is 332 g/mol. The van der Waals surface area contributed by atoms with E-state index in [9.17, 15) is 4.79 Å². The SMILES string of the molecule is O=C(O)c1cncc(-c2c(Cl)cc(Cl)c(Cl)c2Cl)c1. The van der Waals surface area contributed by atoms with Crippen molar-refractivity contribution in [2.45, 2.75) is 0 Å². The van der Waals surface area contributed by atoms with Crippen molar-refractivity contribution in [2.24, 2.45) is 0 Å². The summed E-state index contributed by atoms with van der Waals surface area (Å²) in [4.78, 5) is 14.8. The van der Waals surface area contributed by atoms with Gasteiger partial charge in [-0.1, -0.05) is 46.4 Å². The van der Waals surface area contributed by atoms with E-state index in [4.69, 9.17) is 51.5 Å². The van der Waals surface area contributed by atoms with Crippen LogP contribution in [-0.2, 0) is 0 Å². The molecule has 2 aromatic rings. The Kier molecular flexibility index (Phi) is 4.21. The van der Waals surface area contributed by atoms with E-state index in [1.54, 1.807) is 0 Å². The number of aromatic nitrogens is 1. The van der Waals surface area contributed by atoms with Gasteiger partial charge in [0.25, 0.3) is 0 Å². The quantitative estimate of drug-likeness (QED) is 0.616. The van der Waals surface area contributed by atoms with Crippen LogP contribution in [0.4, 0.5) is 0 Å². The Bertz CT molecular complexity index is 673. The molecule has 0 atom stereocenters. The maximum atomic E-state index is 10.9. The number of carboxylic acids is 1. The molecule has 0 aliphatic heterocycles. The molecule has 0 fully saturated rings. The first-order valence-corrected chi connectivity index (χ1v) is 6.44. The molecule has 0 bridgehead atoms. The van der Waals surface area contributed by atoms with E-state index in [1.165, 1.54) is 24.5 Å². The van der Waals surface area contributed by atoms with E-state index in [2.05, 4.69) is 4.98 Å². The summed E-state index contributed by atoms with van der Waals surface area (Å²) in [6.07, 6.45) is 2.68. The zero-order chi connectivity index (χ0) is 14.2. The van der Waals surface area contributed by atoms with Gasteiger partial charge in [-0.15, -0.1) is 0 Å². The number of nitrogens with zero attached hydrogens (tertiary/aromatic N) is 1. The first-order valence-electron chi connectivity index (χ1n) is 4.93. The molecule has 0 aliphatic rings. The van der Waals surface area contributed by atoms with Crippen molar-refractivity contribution in [3.8, 4) is 11.1 Å². The number of hydrogen-bond donors (Lipinski definition) is 1. The maximum Gasteiger partial charge on any atom is 0.337 e. The van der Waals surface area contributed by atoms with E-state index < -0.39 is 5.97 Å². The van der Waals surface area contributed by atoms with Crippen LogP contribution in [-0.4, -0.2) is 16.1 Å². The number of hydrogen-bond acceptors (Lipinski definition) is 2. The number of aromatic carboxylic acids is 1. The smallest absolute Gasteiger partial charge is 0.337 e. The third-order valence-corrected chi connectivity index (χ3v) is 3.95. The summed E-state index contributed by atoms with van der Waals surface area (Å²) in [7, 11) is 0. The number of halogens is 4. The molecule has 19 heavy (non-hydrogen) atoms. The zero-order valence-electron chi connectivity index (χ0n) is 9.12. The van der Waals surface area contributed by atoms with Crippen LogP contribution in [0.25, 0.3) is 11.1 Å². The standard InChI is InChI=1S/C12H5Cl4NO2/c13-7-2-8(14)10(15)11(16)9(7)5-1-6(12(18)19)4-17-3-5/h1-4H,(H,18,19). The predicted octanol–water partition coefficient (Wildman–Crippen LogP) is 5.06. The predicted molar refractivity (Wildman–Crippen MR) is 76.7 cm³/mol. The van der Waals surface area contributed by atoms with E-state index in [-0.39, 0.29) is 25.7 Å². The lowest BCUT2D eigenvalue weighted by atomic mass is 10.1. The summed E-state index contributed by atoms with van der Waals surface area (Å²) in [6, 6.07) is 2.85. The van der Waals surface area contributed by atoms with Gasteiger partial charge in [-0.05, 0) is 12.1 Å². The first-order chi connectivity index (χ1) is 8.91. The van der Waals surface area contributed by atoms with Gasteiger partial charge in [-0.2, -0.15) is 0 Å². The van der Waals surface area contributed by atoms with Crippen molar-refractivity contribution >= 4 is 52.4 Å². The van der Waals surface area contributed by atoms with Gasteiger partial charge in [-0.25, -0.2) is 4.79 Å². The fourth-order valence-electron chi connectivity index (χ4n) is 1.52. The molecule has 7 heteroatoms. The number of benzene rings is 1. The second-order valence-electron chi connectivity index (χ2n) is 3.61. The van der Waals surface area contributed by atoms with Crippen LogP contribution in [0.3, 0.4) is 0 Å². The average molecular weight is 337 g/mol. The molecule has 0 unspecified atom stereocenters. The first kappa shape index (κ1) is 14.4. The maximum absolute atomic E-state index is 10.9. The molecule has 1 aromatic heterocycles. The van der Waals surface area contributed by atoms with Crippen LogP contribution in [0.15, 0.2) is 24.5 Å². The average Bonchev–Trinajstić information content (AvgIpc) is 2.36. The number of pyridine rings is 1. The van der Waals surface area contributed by atoms with Crippen LogP contribution >= 0.6 is 46.4 Å². The van der Waals surface area contributed by atoms with E-state index in [0.29, 0.717) is 11.1 Å². The summed E-state index contributed by atoms with van der Waals surface area (Å²) in [5, 5.41) is 9.74. The van der Waals surface area contributed by atoms with Gasteiger partial charge in [-0.3, -0.25) is 4.98 Å². The van der Waals surface area contributed by atoms with E-state index in [1.807, 2.05) is 0 Å². The minimum Gasteiger partial charge on any atom is -0.478 e. The van der Waals surface area contributed by atoms with Gasteiger partial charge in [0.2, 0.25) is 0 Å². The molecular formula is C12H5Cl4NO2. The van der Waals surface area contributed by atoms with Gasteiger partial charge in [0.05, 0.1) is 25.7 Å². The lowest BCUT2D eigenvalue weighted by Gasteiger charge is -2.10. The van der Waals surface area contributed by atoms with Crippen molar-refractivity contribution in [1.29, 1.82) is 0 Å². The molecule has 1 aromatic carbocycles. The molecule has 1 heterocycles. The van der Waals surface area contributed by atoms with Gasteiger partial charge in [0.15, 0.2) is 0 Å². The van der Waals surface area contributed by atoms with Crippen molar-refractivity contribution in [3.05, 3.63) is 50.2 Å². The van der Waals surface area contributed by atoms with Gasteiger partial charge >= 0.3 is 5.97 Å². The largest absolute Gasteiger partial charge is 0.478 e. The molecule has 0 aliphatic carbocycles. The Morgan fingerprint density at radius 3 is 2.32 bits per heavy atom. The van der Waals surface area contributed by atoms with Crippen LogP contribution in [0.1, 0.15) is 10.4 Å². The number of carboxylic acid groups (broad SMARTS) is 1. The molecule has 0 amide bonds. The second-order valence-corrected chi connectivity index (χ2v) is 5.18. The van der Waals surface area contributed by atoms with Crippen LogP contribution < -0.4 is 0 Å². The van der Waals surface area contributed by atoms with Crippen molar-refractivity contribution in [1.82, 2.24) is 4.98 Å². The molecule has 0 radical (unpaired) electrons. The number of rotatable bonds is 2. The Labute approximate surface area is 128 Å². The normalized spacial score (nSPS) is 10.5. The van der Waals surface area contributed by atoms with Crippen LogP contribution in [0.5, 0.6) is 0 Å². The van der Waals surface area contributed by atoms with Crippen molar-refractivity contribution in [3.63, 3.8) is 0 Å². The Hall–Kier alpha value is -1.000. The Morgan fingerprint density at radius 2 is 1.68 bits per heavy atom. The summed E-state index contributed by atoms with van der Waals surface area (Å²) in [5.41, 5.74) is 0.873. The van der Waals surface area contributed by atoms with Crippen molar-refractivity contribution in [2.75, 3.05) is 0 Å². The zero-order valence-corrected chi connectivity index (χ0v) is 12.1. The Balaban J connectivity index is 2.69. The van der Waals surface area contributed by atoms with E-state index >= 15 is 0 Å². The lowest BCUT2D eigenvalue weighted by Crippen LogP contribution is -1.97. The van der Waals surface area contributed by atoms with E-state index in [0.717, 1.165) is 0 Å². The summed E-state index contributed by atoms with van der Waals surface area (Å²) < 4.78 is 0. The third-order valence-electron chi connectivity index (χ3n) is 2.39. The monoisotopic (exact) mass is 335 g/mol. The number of carbonyl (C=O) groups is 1. The summed E-state index contributed by atoms with van der Waals surface area (Å²) >= 11 is 24.0. The molecule has 0 spiro atoms. The Morgan fingerprint density at radius 1 is 1.00 bits per heavy atom. The van der Waals surface area contributed by atoms with Crippen LogP contribution in [0.2, 0.25) is 20.1 Å². The van der Waals surface area contributed by atoms with Gasteiger partial charge in [0.1, 0.15) is 0 Å². The van der Waals surface area contributed by atoms with Gasteiger partial charge < -0.3 is 5.11 Å². The van der Waals surface area contributed by atoms with Gasteiger partial charge in [0, 0.05) is 23.5 Å². The molecule has 0 saturated heterocycles. The minimum absolute atomic E-state index is 0.0238. The highest BCUT2D eigenvalue weighted by Gasteiger charge is 2.16. The highest BCUT2D eigenvalue weighted by Crippen LogP contribution is 2.42. The molecule has 1 N–H and O–H groups in total. The second kappa shape index (κ2) is 5.55. The van der Waals surface area contributed by atoms with Crippen LogP contribution in [0, 0.1) is 0 Å². The molecule has 3 nitrogen and oxygen atoms in total. The minimum atomic E-state index is -1.10. The fraction of sp³-hybridized carbons (Fsp3) is 0. The molecule has 0 saturated carbocycles. The lowest BCUT2D eigenvalue weighted by molar-refractivity contribution is 0.0696. The highest BCUT2D eigenvalue weighted by atomic mass is 35.5. The highest BCUT2D eigenvalue weighted by molar-refractivity contribution is 6.51.